The van der Waals surface area contributed by atoms with Crippen molar-refractivity contribution in [3.05, 3.63) is 35.4 Å². The summed E-state index contributed by atoms with van der Waals surface area (Å²) in [5, 5.41) is 12.4. The minimum Gasteiger partial charge on any atom is -0.395 e. The second-order valence-corrected chi connectivity index (χ2v) is 2.76. The molecule has 0 unspecified atom stereocenters. The minimum atomic E-state index is 0.408. The Morgan fingerprint density at radius 3 is 3.13 bits per heavy atom. The van der Waals surface area contributed by atoms with E-state index in [1.165, 1.54) is 0 Å². The minimum absolute atomic E-state index is 0.408. The number of rotatable bonds is 4. The van der Waals surface area contributed by atoms with Crippen LogP contribution in [0.4, 0.5) is 0 Å². The summed E-state index contributed by atoms with van der Waals surface area (Å²) in [7, 11) is 0. The van der Waals surface area contributed by atoms with Crippen molar-refractivity contribution in [2.24, 2.45) is 5.16 Å². The zero-order valence-corrected chi connectivity index (χ0v) is 8.18. The molecule has 0 aromatic heterocycles. The molecule has 3 heteroatoms. The van der Waals surface area contributed by atoms with Crippen LogP contribution in [-0.4, -0.2) is 12.8 Å². The second-order valence-electron chi connectivity index (χ2n) is 2.76. The molecule has 3 nitrogen and oxygen atoms in total. The fourth-order valence-corrected chi connectivity index (χ4v) is 0.944. The number of terminal acetylenes is 1. The standard InChI is InChI=1S/C12H10N2O/c1-2-3-7-15-14-10-12-6-4-5-11(8-12)9-13/h1,4-6,8,10H,3,7H2. The molecule has 0 radical (unpaired) electrons. The monoisotopic (exact) mass is 198 g/mol. The fraction of sp³-hybridized carbons (Fsp3) is 0.167. The van der Waals surface area contributed by atoms with E-state index in [1.54, 1.807) is 24.4 Å². The highest BCUT2D eigenvalue weighted by molar-refractivity contribution is 5.79. The first-order chi connectivity index (χ1) is 7.36. The molecule has 0 aliphatic carbocycles. The molecule has 0 spiro atoms. The Morgan fingerprint density at radius 2 is 2.40 bits per heavy atom. The van der Waals surface area contributed by atoms with Gasteiger partial charge in [0.1, 0.15) is 6.61 Å². The first-order valence-electron chi connectivity index (χ1n) is 4.46. The first-order valence-corrected chi connectivity index (χ1v) is 4.46. The number of hydrogen-bond donors (Lipinski definition) is 0. The smallest absolute Gasteiger partial charge is 0.128 e. The predicted molar refractivity (Wildman–Crippen MR) is 58.2 cm³/mol. The summed E-state index contributed by atoms with van der Waals surface area (Å²) in [6.45, 7) is 0.408. The molecule has 0 aliphatic rings. The van der Waals surface area contributed by atoms with Crippen LogP contribution in [0.1, 0.15) is 17.5 Å². The zero-order chi connectivity index (χ0) is 10.9. The van der Waals surface area contributed by atoms with E-state index in [0.29, 0.717) is 18.6 Å². The molecule has 15 heavy (non-hydrogen) atoms. The van der Waals surface area contributed by atoms with Gasteiger partial charge in [-0.3, -0.25) is 0 Å². The molecular weight excluding hydrogens is 188 g/mol. The van der Waals surface area contributed by atoms with E-state index in [9.17, 15) is 0 Å². The topological polar surface area (TPSA) is 45.4 Å². The lowest BCUT2D eigenvalue weighted by atomic mass is 10.1. The Kier molecular flexibility index (Phi) is 4.50. The number of nitriles is 1. The molecule has 0 heterocycles. The Morgan fingerprint density at radius 1 is 1.53 bits per heavy atom. The van der Waals surface area contributed by atoms with Crippen LogP contribution in [0.5, 0.6) is 0 Å². The van der Waals surface area contributed by atoms with Gasteiger partial charge < -0.3 is 4.84 Å². The maximum absolute atomic E-state index is 8.66. The lowest BCUT2D eigenvalue weighted by Gasteiger charge is -1.94. The number of oxime groups is 1. The molecule has 1 aromatic rings. The van der Waals surface area contributed by atoms with E-state index in [-0.39, 0.29) is 0 Å². The third kappa shape index (κ3) is 3.97. The van der Waals surface area contributed by atoms with Gasteiger partial charge in [-0.15, -0.1) is 12.3 Å². The van der Waals surface area contributed by atoms with E-state index in [0.717, 1.165) is 5.56 Å². The normalized spacial score (nSPS) is 9.47. The predicted octanol–water partition coefficient (Wildman–Crippen LogP) is 1.93. The van der Waals surface area contributed by atoms with Crippen LogP contribution in [0.2, 0.25) is 0 Å². The van der Waals surface area contributed by atoms with Crippen LogP contribution in [0, 0.1) is 23.7 Å². The van der Waals surface area contributed by atoms with Gasteiger partial charge in [0.15, 0.2) is 0 Å². The molecule has 0 amide bonds. The Hall–Kier alpha value is -2.26. The van der Waals surface area contributed by atoms with Crippen molar-refractivity contribution in [3.8, 4) is 18.4 Å². The third-order valence-corrected chi connectivity index (χ3v) is 1.63. The lowest BCUT2D eigenvalue weighted by Crippen LogP contribution is -1.88. The maximum atomic E-state index is 8.66. The van der Waals surface area contributed by atoms with E-state index >= 15 is 0 Å². The van der Waals surface area contributed by atoms with Crippen molar-refractivity contribution >= 4 is 6.21 Å². The van der Waals surface area contributed by atoms with Crippen molar-refractivity contribution in [2.75, 3.05) is 6.61 Å². The van der Waals surface area contributed by atoms with Gasteiger partial charge in [-0.25, -0.2) is 0 Å². The van der Waals surface area contributed by atoms with Crippen molar-refractivity contribution in [1.29, 1.82) is 5.26 Å². The molecular formula is C12H10N2O. The molecule has 0 fully saturated rings. The average molecular weight is 198 g/mol. The average Bonchev–Trinajstić information content (AvgIpc) is 2.29. The van der Waals surface area contributed by atoms with Gasteiger partial charge in [0.2, 0.25) is 0 Å². The van der Waals surface area contributed by atoms with Gasteiger partial charge in [-0.05, 0) is 17.7 Å². The quantitative estimate of drug-likeness (QED) is 0.321. The summed E-state index contributed by atoms with van der Waals surface area (Å²) in [6.07, 6.45) is 7.13. The van der Waals surface area contributed by atoms with Crippen molar-refractivity contribution < 1.29 is 4.84 Å². The molecule has 0 saturated heterocycles. The van der Waals surface area contributed by atoms with Crippen molar-refractivity contribution in [1.82, 2.24) is 0 Å². The highest BCUT2D eigenvalue weighted by Gasteiger charge is 1.91. The van der Waals surface area contributed by atoms with Crippen LogP contribution in [-0.2, 0) is 4.84 Å². The molecule has 0 atom stereocenters. The van der Waals surface area contributed by atoms with Gasteiger partial charge >= 0.3 is 0 Å². The van der Waals surface area contributed by atoms with Crippen molar-refractivity contribution in [3.63, 3.8) is 0 Å². The van der Waals surface area contributed by atoms with Gasteiger partial charge in [-0.2, -0.15) is 5.26 Å². The summed E-state index contributed by atoms with van der Waals surface area (Å²) < 4.78 is 0. The van der Waals surface area contributed by atoms with E-state index in [4.69, 9.17) is 16.5 Å². The van der Waals surface area contributed by atoms with E-state index in [1.807, 2.05) is 12.1 Å². The summed E-state index contributed by atoms with van der Waals surface area (Å²) in [5.41, 5.74) is 1.43. The Balaban J connectivity index is 2.50. The molecule has 0 aliphatic heterocycles. The van der Waals surface area contributed by atoms with Crippen LogP contribution >= 0.6 is 0 Å². The fourth-order valence-electron chi connectivity index (χ4n) is 0.944. The maximum Gasteiger partial charge on any atom is 0.128 e. The lowest BCUT2D eigenvalue weighted by molar-refractivity contribution is 0.152. The number of hydrogen-bond acceptors (Lipinski definition) is 3. The molecule has 74 valence electrons. The van der Waals surface area contributed by atoms with Gasteiger partial charge in [0, 0.05) is 6.42 Å². The number of nitrogens with zero attached hydrogens (tertiary/aromatic N) is 2. The van der Waals surface area contributed by atoms with Gasteiger partial charge in [0.25, 0.3) is 0 Å². The zero-order valence-electron chi connectivity index (χ0n) is 8.18. The summed E-state index contributed by atoms with van der Waals surface area (Å²) >= 11 is 0. The summed E-state index contributed by atoms with van der Waals surface area (Å²) in [4.78, 5) is 4.90. The largest absolute Gasteiger partial charge is 0.395 e. The highest BCUT2D eigenvalue weighted by atomic mass is 16.6. The van der Waals surface area contributed by atoms with Gasteiger partial charge in [-0.1, -0.05) is 17.3 Å². The molecule has 1 aromatic carbocycles. The Labute approximate surface area is 89.0 Å². The van der Waals surface area contributed by atoms with E-state index < -0.39 is 0 Å². The molecule has 0 N–H and O–H groups in total. The molecule has 1 rings (SSSR count). The first kappa shape index (κ1) is 10.8. The summed E-state index contributed by atoms with van der Waals surface area (Å²) in [5.74, 6) is 2.44. The number of benzene rings is 1. The van der Waals surface area contributed by atoms with Crippen LogP contribution in [0.15, 0.2) is 29.4 Å². The third-order valence-electron chi connectivity index (χ3n) is 1.63. The second kappa shape index (κ2) is 6.23. The van der Waals surface area contributed by atoms with E-state index in [2.05, 4.69) is 11.1 Å². The summed E-state index contributed by atoms with van der Waals surface area (Å²) in [6, 6.07) is 9.15. The van der Waals surface area contributed by atoms with Crippen molar-refractivity contribution in [2.45, 2.75) is 6.42 Å². The SMILES string of the molecule is C#CCCON=Cc1cccc(C#N)c1. The van der Waals surface area contributed by atoms with Gasteiger partial charge in [0.05, 0.1) is 17.8 Å². The van der Waals surface area contributed by atoms with Crippen LogP contribution < -0.4 is 0 Å². The molecule has 0 saturated carbocycles. The Bertz CT molecular complexity index is 424. The van der Waals surface area contributed by atoms with Crippen LogP contribution in [0.25, 0.3) is 0 Å². The molecule has 0 bridgehead atoms. The highest BCUT2D eigenvalue weighted by Crippen LogP contribution is 2.01. The van der Waals surface area contributed by atoms with Crippen LogP contribution in [0.3, 0.4) is 0 Å².